The molecule has 1 aromatic rings. The maximum Gasteiger partial charge on any atom is 0.225 e. The van der Waals surface area contributed by atoms with Crippen LogP contribution in [0.15, 0.2) is 24.3 Å². The summed E-state index contributed by atoms with van der Waals surface area (Å²) in [5.41, 5.74) is 0.873. The Bertz CT molecular complexity index is 477. The number of nitrogens with zero attached hydrogens (tertiary/aromatic N) is 1. The van der Waals surface area contributed by atoms with E-state index in [1.165, 1.54) is 18.6 Å². The van der Waals surface area contributed by atoms with Gasteiger partial charge in [-0.2, -0.15) is 0 Å². The standard InChI is InChI=1S/C16H20FNO/c1-2-18(10-11-4-3-5-15(17)6-11)16(19)14-8-12-7-13(12)9-14/h3-6,12-14H,2,7-10H2,1H3. The highest BCUT2D eigenvalue weighted by molar-refractivity contribution is 5.79. The summed E-state index contributed by atoms with van der Waals surface area (Å²) in [5.74, 6) is 1.89. The highest BCUT2D eigenvalue weighted by atomic mass is 19.1. The van der Waals surface area contributed by atoms with Gasteiger partial charge in [-0.05, 0) is 55.7 Å². The Balaban J connectivity index is 1.65. The van der Waals surface area contributed by atoms with Crippen LogP contribution in [0.4, 0.5) is 4.39 Å². The second-order valence-corrected chi connectivity index (χ2v) is 5.91. The topological polar surface area (TPSA) is 20.3 Å². The second-order valence-electron chi connectivity index (χ2n) is 5.91. The number of benzene rings is 1. The maximum atomic E-state index is 13.2. The molecule has 0 N–H and O–H groups in total. The van der Waals surface area contributed by atoms with Crippen molar-refractivity contribution in [2.75, 3.05) is 6.54 Å². The number of carbonyl (C=O) groups is 1. The monoisotopic (exact) mass is 261 g/mol. The Kier molecular flexibility index (Phi) is 3.29. The van der Waals surface area contributed by atoms with Crippen molar-refractivity contribution >= 4 is 5.91 Å². The lowest BCUT2D eigenvalue weighted by Gasteiger charge is -2.25. The average Bonchev–Trinajstić information content (AvgIpc) is 3.02. The summed E-state index contributed by atoms with van der Waals surface area (Å²) in [4.78, 5) is 14.3. The van der Waals surface area contributed by atoms with E-state index in [0.29, 0.717) is 13.1 Å². The van der Waals surface area contributed by atoms with Gasteiger partial charge in [0.2, 0.25) is 5.91 Å². The molecule has 2 aliphatic rings. The molecule has 3 heteroatoms. The summed E-state index contributed by atoms with van der Waals surface area (Å²) in [6.45, 7) is 3.22. The Hall–Kier alpha value is -1.38. The molecule has 2 saturated carbocycles. The SMILES string of the molecule is CCN(Cc1cccc(F)c1)C(=O)C1CC2CC2C1. The quantitative estimate of drug-likeness (QED) is 0.815. The van der Waals surface area contributed by atoms with Crippen LogP contribution in [-0.4, -0.2) is 17.4 Å². The fraction of sp³-hybridized carbons (Fsp3) is 0.562. The first-order valence-corrected chi connectivity index (χ1v) is 7.20. The van der Waals surface area contributed by atoms with Crippen LogP contribution < -0.4 is 0 Å². The molecule has 1 amide bonds. The van der Waals surface area contributed by atoms with E-state index in [1.807, 2.05) is 17.9 Å². The van der Waals surface area contributed by atoms with Crippen LogP contribution in [0.1, 0.15) is 31.7 Å². The van der Waals surface area contributed by atoms with Gasteiger partial charge in [-0.15, -0.1) is 0 Å². The van der Waals surface area contributed by atoms with Crippen LogP contribution in [0, 0.1) is 23.6 Å². The molecule has 0 radical (unpaired) electrons. The van der Waals surface area contributed by atoms with Gasteiger partial charge in [-0.1, -0.05) is 12.1 Å². The van der Waals surface area contributed by atoms with Crippen molar-refractivity contribution in [3.8, 4) is 0 Å². The molecular weight excluding hydrogens is 241 g/mol. The molecule has 0 aliphatic heterocycles. The lowest BCUT2D eigenvalue weighted by atomic mass is 10.0. The van der Waals surface area contributed by atoms with Crippen LogP contribution in [0.2, 0.25) is 0 Å². The van der Waals surface area contributed by atoms with Crippen molar-refractivity contribution in [1.29, 1.82) is 0 Å². The van der Waals surface area contributed by atoms with Crippen molar-refractivity contribution in [1.82, 2.24) is 4.90 Å². The molecule has 102 valence electrons. The Labute approximate surface area is 113 Å². The smallest absolute Gasteiger partial charge is 0.225 e. The summed E-state index contributed by atoms with van der Waals surface area (Å²) >= 11 is 0. The molecule has 2 aliphatic carbocycles. The molecule has 1 aromatic carbocycles. The summed E-state index contributed by atoms with van der Waals surface area (Å²) in [6.07, 6.45) is 3.48. The van der Waals surface area contributed by atoms with Gasteiger partial charge in [0.25, 0.3) is 0 Å². The van der Waals surface area contributed by atoms with Gasteiger partial charge in [-0.25, -0.2) is 4.39 Å². The molecule has 3 rings (SSSR count). The normalized spacial score (nSPS) is 28.0. The minimum absolute atomic E-state index is 0.220. The third-order valence-electron chi connectivity index (χ3n) is 4.55. The fourth-order valence-corrected chi connectivity index (χ4v) is 3.38. The number of carbonyl (C=O) groups excluding carboxylic acids is 1. The first-order chi connectivity index (χ1) is 9.17. The zero-order valence-electron chi connectivity index (χ0n) is 11.3. The molecular formula is C16H20FNO. The molecule has 0 heterocycles. The molecule has 2 nitrogen and oxygen atoms in total. The van der Waals surface area contributed by atoms with Crippen molar-refractivity contribution < 1.29 is 9.18 Å². The minimum Gasteiger partial charge on any atom is -0.338 e. The number of hydrogen-bond acceptors (Lipinski definition) is 1. The number of hydrogen-bond donors (Lipinski definition) is 0. The van der Waals surface area contributed by atoms with Gasteiger partial charge < -0.3 is 4.90 Å². The van der Waals surface area contributed by atoms with Crippen molar-refractivity contribution in [2.45, 2.75) is 32.7 Å². The molecule has 0 spiro atoms. The van der Waals surface area contributed by atoms with Crippen LogP contribution in [0.5, 0.6) is 0 Å². The van der Waals surface area contributed by atoms with Crippen molar-refractivity contribution in [3.63, 3.8) is 0 Å². The molecule has 0 aromatic heterocycles. The van der Waals surface area contributed by atoms with Crippen LogP contribution in [-0.2, 0) is 11.3 Å². The summed E-state index contributed by atoms with van der Waals surface area (Å²) in [6, 6.07) is 6.53. The molecule has 19 heavy (non-hydrogen) atoms. The van der Waals surface area contributed by atoms with E-state index < -0.39 is 0 Å². The number of rotatable bonds is 4. The minimum atomic E-state index is -0.233. The lowest BCUT2D eigenvalue weighted by molar-refractivity contribution is -0.136. The molecule has 2 atom stereocenters. The van der Waals surface area contributed by atoms with Crippen LogP contribution >= 0.6 is 0 Å². The first kappa shape index (κ1) is 12.6. The number of halogens is 1. The zero-order chi connectivity index (χ0) is 13.4. The van der Waals surface area contributed by atoms with E-state index in [0.717, 1.165) is 30.2 Å². The summed E-state index contributed by atoms with van der Waals surface area (Å²) in [7, 11) is 0. The highest BCUT2D eigenvalue weighted by Gasteiger charge is 2.48. The summed E-state index contributed by atoms with van der Waals surface area (Å²) in [5, 5.41) is 0. The van der Waals surface area contributed by atoms with Gasteiger partial charge in [0.05, 0.1) is 0 Å². The largest absolute Gasteiger partial charge is 0.338 e. The van der Waals surface area contributed by atoms with Crippen LogP contribution in [0.25, 0.3) is 0 Å². The lowest BCUT2D eigenvalue weighted by Crippen LogP contribution is -2.35. The third kappa shape index (κ3) is 2.65. The van der Waals surface area contributed by atoms with E-state index >= 15 is 0 Å². The Morgan fingerprint density at radius 1 is 1.32 bits per heavy atom. The Morgan fingerprint density at radius 3 is 2.68 bits per heavy atom. The van der Waals surface area contributed by atoms with Gasteiger partial charge in [-0.3, -0.25) is 4.79 Å². The van der Waals surface area contributed by atoms with Gasteiger partial charge in [0.1, 0.15) is 5.82 Å². The van der Waals surface area contributed by atoms with Crippen LogP contribution in [0.3, 0.4) is 0 Å². The zero-order valence-corrected chi connectivity index (χ0v) is 11.3. The predicted molar refractivity (Wildman–Crippen MR) is 71.8 cm³/mol. The molecule has 0 saturated heterocycles. The number of fused-ring (bicyclic) bond motifs is 1. The second kappa shape index (κ2) is 4.95. The van der Waals surface area contributed by atoms with Crippen molar-refractivity contribution in [2.24, 2.45) is 17.8 Å². The van der Waals surface area contributed by atoms with E-state index in [2.05, 4.69) is 0 Å². The molecule has 2 fully saturated rings. The average molecular weight is 261 g/mol. The van der Waals surface area contributed by atoms with E-state index in [9.17, 15) is 9.18 Å². The molecule has 0 bridgehead atoms. The van der Waals surface area contributed by atoms with Gasteiger partial charge >= 0.3 is 0 Å². The van der Waals surface area contributed by atoms with Crippen molar-refractivity contribution in [3.05, 3.63) is 35.6 Å². The number of amides is 1. The Morgan fingerprint density at radius 2 is 2.05 bits per heavy atom. The van der Waals surface area contributed by atoms with E-state index in [1.54, 1.807) is 6.07 Å². The predicted octanol–water partition coefficient (Wildman–Crippen LogP) is 3.22. The van der Waals surface area contributed by atoms with E-state index in [4.69, 9.17) is 0 Å². The van der Waals surface area contributed by atoms with E-state index in [-0.39, 0.29) is 17.6 Å². The first-order valence-electron chi connectivity index (χ1n) is 7.20. The van der Waals surface area contributed by atoms with Gasteiger partial charge in [0.15, 0.2) is 0 Å². The molecule has 2 unspecified atom stereocenters. The highest BCUT2D eigenvalue weighted by Crippen LogP contribution is 2.54. The maximum absolute atomic E-state index is 13.2. The van der Waals surface area contributed by atoms with Gasteiger partial charge in [0, 0.05) is 19.0 Å². The summed E-state index contributed by atoms with van der Waals surface area (Å²) < 4.78 is 13.2. The fourth-order valence-electron chi connectivity index (χ4n) is 3.38. The third-order valence-corrected chi connectivity index (χ3v) is 4.55.